The van der Waals surface area contributed by atoms with E-state index in [1.54, 1.807) is 17.4 Å². The minimum Gasteiger partial charge on any atom is -0.335 e. The van der Waals surface area contributed by atoms with Crippen molar-refractivity contribution in [3.05, 3.63) is 46.8 Å². The maximum atomic E-state index is 12.8. The highest BCUT2D eigenvalue weighted by Gasteiger charge is 2.31. The van der Waals surface area contributed by atoms with E-state index in [9.17, 15) is 13.2 Å². The van der Waals surface area contributed by atoms with Crippen LogP contribution in [0, 0.1) is 0 Å². The summed E-state index contributed by atoms with van der Waals surface area (Å²) in [6, 6.07) is 7.95. The molecule has 0 spiro atoms. The predicted octanol–water partition coefficient (Wildman–Crippen LogP) is 4.75. The Morgan fingerprint density at radius 1 is 1.11 bits per heavy atom. The smallest absolute Gasteiger partial charge is 0.335 e. The van der Waals surface area contributed by atoms with E-state index in [1.165, 1.54) is 16.5 Å². The highest BCUT2D eigenvalue weighted by molar-refractivity contribution is 7.13. The van der Waals surface area contributed by atoms with Gasteiger partial charge in [-0.2, -0.15) is 13.2 Å². The van der Waals surface area contributed by atoms with Crippen molar-refractivity contribution < 1.29 is 13.2 Å². The SMILES string of the molecule is FC(F)(F)c1ccc2cc3n(c2c1)Cc1ccsc1-3. The van der Waals surface area contributed by atoms with Crippen molar-refractivity contribution in [1.29, 1.82) is 0 Å². The molecule has 0 atom stereocenters. The summed E-state index contributed by atoms with van der Waals surface area (Å²) in [5.41, 5.74) is 2.29. The van der Waals surface area contributed by atoms with Gasteiger partial charge in [-0.3, -0.25) is 0 Å². The summed E-state index contributed by atoms with van der Waals surface area (Å²) >= 11 is 1.64. The van der Waals surface area contributed by atoms with Gasteiger partial charge >= 0.3 is 6.18 Å². The molecule has 0 bridgehead atoms. The molecule has 19 heavy (non-hydrogen) atoms. The molecule has 1 aromatic carbocycles. The Morgan fingerprint density at radius 3 is 2.74 bits per heavy atom. The van der Waals surface area contributed by atoms with Gasteiger partial charge in [0.05, 0.1) is 16.1 Å². The first-order chi connectivity index (χ1) is 9.04. The number of benzene rings is 1. The zero-order chi connectivity index (χ0) is 13.2. The summed E-state index contributed by atoms with van der Waals surface area (Å²) < 4.78 is 40.3. The van der Waals surface area contributed by atoms with Crippen molar-refractivity contribution in [3.8, 4) is 10.6 Å². The van der Waals surface area contributed by atoms with E-state index in [4.69, 9.17) is 0 Å². The van der Waals surface area contributed by atoms with E-state index in [0.717, 1.165) is 17.1 Å². The molecule has 5 heteroatoms. The summed E-state index contributed by atoms with van der Waals surface area (Å²) in [5, 5.41) is 2.88. The molecule has 3 aromatic rings. The molecule has 1 nitrogen and oxygen atoms in total. The lowest BCUT2D eigenvalue weighted by Gasteiger charge is -2.07. The van der Waals surface area contributed by atoms with Crippen LogP contribution in [0.5, 0.6) is 0 Å². The zero-order valence-corrected chi connectivity index (χ0v) is 10.5. The minimum absolute atomic E-state index is 0.587. The second-order valence-corrected chi connectivity index (χ2v) is 5.58. The lowest BCUT2D eigenvalue weighted by molar-refractivity contribution is -0.137. The summed E-state index contributed by atoms with van der Waals surface area (Å²) in [4.78, 5) is 1.17. The largest absolute Gasteiger partial charge is 0.416 e. The number of aromatic nitrogens is 1. The van der Waals surface area contributed by atoms with E-state index in [-0.39, 0.29) is 0 Å². The van der Waals surface area contributed by atoms with Crippen LogP contribution in [0.2, 0.25) is 0 Å². The Kier molecular flexibility index (Phi) is 2.00. The Labute approximate surface area is 110 Å². The number of fused-ring (bicyclic) bond motifs is 5. The van der Waals surface area contributed by atoms with E-state index >= 15 is 0 Å². The van der Waals surface area contributed by atoms with Gasteiger partial charge in [0.25, 0.3) is 0 Å². The van der Waals surface area contributed by atoms with Gasteiger partial charge in [-0.1, -0.05) is 6.07 Å². The van der Waals surface area contributed by atoms with Crippen molar-refractivity contribution in [2.75, 3.05) is 0 Å². The van der Waals surface area contributed by atoms with Crippen LogP contribution in [-0.2, 0) is 12.7 Å². The van der Waals surface area contributed by atoms with E-state index in [1.807, 2.05) is 22.1 Å². The summed E-state index contributed by atoms with van der Waals surface area (Å²) in [7, 11) is 0. The monoisotopic (exact) mass is 279 g/mol. The Hall–Kier alpha value is -1.75. The molecule has 1 aliphatic heterocycles. The minimum atomic E-state index is -4.29. The van der Waals surface area contributed by atoms with Crippen molar-refractivity contribution in [2.24, 2.45) is 0 Å². The maximum Gasteiger partial charge on any atom is 0.416 e. The molecule has 0 N–H and O–H groups in total. The van der Waals surface area contributed by atoms with Gasteiger partial charge in [-0.05, 0) is 35.2 Å². The number of hydrogen-bond acceptors (Lipinski definition) is 1. The van der Waals surface area contributed by atoms with Crippen LogP contribution in [0.4, 0.5) is 13.2 Å². The van der Waals surface area contributed by atoms with Crippen molar-refractivity contribution >= 4 is 22.2 Å². The molecule has 2 aromatic heterocycles. The van der Waals surface area contributed by atoms with Crippen molar-refractivity contribution in [1.82, 2.24) is 4.57 Å². The molecule has 0 amide bonds. The highest BCUT2D eigenvalue weighted by atomic mass is 32.1. The molecule has 0 unspecified atom stereocenters. The van der Waals surface area contributed by atoms with Crippen LogP contribution >= 0.6 is 11.3 Å². The molecule has 4 rings (SSSR count). The number of nitrogens with zero attached hydrogens (tertiary/aromatic N) is 1. The third-order valence-corrected chi connectivity index (χ3v) is 4.52. The van der Waals surface area contributed by atoms with Gasteiger partial charge in [-0.25, -0.2) is 0 Å². The van der Waals surface area contributed by atoms with Gasteiger partial charge in [0, 0.05) is 17.4 Å². The molecule has 0 saturated carbocycles. The zero-order valence-electron chi connectivity index (χ0n) is 9.66. The molecular weight excluding hydrogens is 271 g/mol. The van der Waals surface area contributed by atoms with Gasteiger partial charge < -0.3 is 4.57 Å². The maximum absolute atomic E-state index is 12.8. The fourth-order valence-corrected chi connectivity index (χ4v) is 3.59. The van der Waals surface area contributed by atoms with E-state index < -0.39 is 11.7 Å². The average Bonchev–Trinajstić information content (AvgIpc) is 2.97. The first-order valence-corrected chi connectivity index (χ1v) is 6.69. The van der Waals surface area contributed by atoms with E-state index in [2.05, 4.69) is 0 Å². The molecular formula is C14H8F3NS. The Morgan fingerprint density at radius 2 is 1.95 bits per heavy atom. The summed E-state index contributed by atoms with van der Waals surface area (Å²) in [6.07, 6.45) is -4.29. The third kappa shape index (κ3) is 1.48. The Bertz CT molecular complexity index is 795. The van der Waals surface area contributed by atoms with E-state index in [0.29, 0.717) is 12.1 Å². The first kappa shape index (κ1) is 11.1. The molecule has 3 heterocycles. The normalized spacial score (nSPS) is 13.8. The van der Waals surface area contributed by atoms with Crippen LogP contribution in [0.25, 0.3) is 21.5 Å². The quantitative estimate of drug-likeness (QED) is 0.438. The van der Waals surface area contributed by atoms with Crippen molar-refractivity contribution in [3.63, 3.8) is 0 Å². The van der Waals surface area contributed by atoms with Gasteiger partial charge in [0.2, 0.25) is 0 Å². The fourth-order valence-electron chi connectivity index (χ4n) is 2.64. The standard InChI is InChI=1S/C14H8F3NS/c15-14(16,17)10-2-1-8-5-12-13-9(3-4-19-13)7-18(12)11(8)6-10/h1-6H,7H2. The van der Waals surface area contributed by atoms with Crippen LogP contribution in [-0.4, -0.2) is 4.57 Å². The number of hydrogen-bond donors (Lipinski definition) is 0. The molecule has 96 valence electrons. The molecule has 0 fully saturated rings. The van der Waals surface area contributed by atoms with Crippen LogP contribution in [0.3, 0.4) is 0 Å². The third-order valence-electron chi connectivity index (χ3n) is 3.54. The second kappa shape index (κ2) is 3.42. The van der Waals surface area contributed by atoms with Crippen LogP contribution in [0.15, 0.2) is 35.7 Å². The average molecular weight is 279 g/mol. The fraction of sp³-hybridized carbons (Fsp3) is 0.143. The summed E-state index contributed by atoms with van der Waals surface area (Å²) in [5.74, 6) is 0. The number of alkyl halides is 3. The van der Waals surface area contributed by atoms with Crippen LogP contribution in [0.1, 0.15) is 11.1 Å². The van der Waals surface area contributed by atoms with Crippen LogP contribution < -0.4 is 0 Å². The van der Waals surface area contributed by atoms with Gasteiger partial charge in [0.15, 0.2) is 0 Å². The van der Waals surface area contributed by atoms with Gasteiger partial charge in [0.1, 0.15) is 0 Å². The molecule has 1 aliphatic rings. The second-order valence-electron chi connectivity index (χ2n) is 4.66. The Balaban J connectivity index is 1.98. The predicted molar refractivity (Wildman–Crippen MR) is 69.4 cm³/mol. The molecule has 0 radical (unpaired) electrons. The first-order valence-electron chi connectivity index (χ1n) is 5.81. The number of rotatable bonds is 0. The highest BCUT2D eigenvalue weighted by Crippen LogP contribution is 2.41. The molecule has 0 saturated heterocycles. The van der Waals surface area contributed by atoms with Gasteiger partial charge in [-0.15, -0.1) is 11.3 Å². The number of thiophene rings is 1. The van der Waals surface area contributed by atoms with Crippen molar-refractivity contribution in [2.45, 2.75) is 12.7 Å². The molecule has 0 aliphatic carbocycles. The number of halogens is 3. The lowest BCUT2D eigenvalue weighted by atomic mass is 10.1. The topological polar surface area (TPSA) is 4.93 Å². The lowest BCUT2D eigenvalue weighted by Crippen LogP contribution is -2.05. The summed E-state index contributed by atoms with van der Waals surface area (Å²) in [6.45, 7) is 0.666.